The molecule has 3 aromatic rings. The maximum absolute atomic E-state index is 12.7. The fourth-order valence-corrected chi connectivity index (χ4v) is 4.38. The first kappa shape index (κ1) is 19.1. The van der Waals surface area contributed by atoms with Crippen LogP contribution in [0, 0.1) is 0 Å². The van der Waals surface area contributed by atoms with Crippen molar-refractivity contribution in [3.05, 3.63) is 63.8 Å². The van der Waals surface area contributed by atoms with Gasteiger partial charge < -0.3 is 4.90 Å². The van der Waals surface area contributed by atoms with Crippen LogP contribution in [0.25, 0.3) is 5.69 Å². The Labute approximate surface area is 173 Å². The van der Waals surface area contributed by atoms with E-state index in [1.54, 1.807) is 5.51 Å². The van der Waals surface area contributed by atoms with Crippen LogP contribution in [0.3, 0.4) is 0 Å². The van der Waals surface area contributed by atoms with Gasteiger partial charge in [0.25, 0.3) is 5.91 Å². The number of halogens is 1. The second-order valence-electron chi connectivity index (χ2n) is 7.07. The van der Waals surface area contributed by atoms with Gasteiger partial charge in [-0.3, -0.25) is 9.69 Å². The third kappa shape index (κ3) is 3.70. The summed E-state index contributed by atoms with van der Waals surface area (Å²) in [4.78, 5) is 21.2. The average Bonchev–Trinajstić information content (AvgIpc) is 3.38. The third-order valence-electron chi connectivity index (χ3n) is 5.43. The Balaban J connectivity index is 1.44. The highest BCUT2D eigenvalue weighted by molar-refractivity contribution is 7.07. The lowest BCUT2D eigenvalue weighted by atomic mass is 10.0. The molecule has 2 aromatic heterocycles. The first-order chi connectivity index (χ1) is 13.5. The number of amides is 1. The predicted molar refractivity (Wildman–Crippen MR) is 111 cm³/mol. The van der Waals surface area contributed by atoms with Crippen LogP contribution in [0.15, 0.2) is 47.5 Å². The van der Waals surface area contributed by atoms with Crippen LogP contribution in [-0.4, -0.2) is 55.6 Å². The molecule has 1 aromatic carbocycles. The third-order valence-corrected chi connectivity index (χ3v) is 6.33. The Morgan fingerprint density at radius 2 is 2.07 bits per heavy atom. The molecular weight excluding hydrogens is 394 g/mol. The first-order valence-corrected chi connectivity index (χ1v) is 10.6. The van der Waals surface area contributed by atoms with E-state index in [2.05, 4.69) is 28.8 Å². The molecule has 3 heterocycles. The van der Waals surface area contributed by atoms with Crippen LogP contribution in [0.2, 0.25) is 5.02 Å². The van der Waals surface area contributed by atoms with Gasteiger partial charge in [-0.05, 0) is 26.0 Å². The van der Waals surface area contributed by atoms with E-state index in [0.717, 1.165) is 24.3 Å². The van der Waals surface area contributed by atoms with Gasteiger partial charge in [-0.15, -0.1) is 11.3 Å². The van der Waals surface area contributed by atoms with Crippen molar-refractivity contribution in [2.45, 2.75) is 32.5 Å². The monoisotopic (exact) mass is 415 g/mol. The molecule has 28 heavy (non-hydrogen) atoms. The number of hydrogen-bond acceptors (Lipinski definition) is 5. The number of carbonyl (C=O) groups excluding carboxylic acids is 1. The molecule has 0 unspecified atom stereocenters. The van der Waals surface area contributed by atoms with Crippen LogP contribution in [-0.2, 0) is 6.54 Å². The smallest absolute Gasteiger partial charge is 0.273 e. The molecule has 0 spiro atoms. The van der Waals surface area contributed by atoms with Gasteiger partial charge in [-0.2, -0.15) is 5.10 Å². The number of hydrogen-bond donors (Lipinski definition) is 0. The molecule has 1 amide bonds. The number of piperazine rings is 1. The Bertz CT molecular complexity index is 957. The van der Waals surface area contributed by atoms with Crippen LogP contribution >= 0.6 is 22.9 Å². The molecular formula is C20H22ClN5OS. The summed E-state index contributed by atoms with van der Waals surface area (Å²) in [6, 6.07) is 8.02. The van der Waals surface area contributed by atoms with Crippen molar-refractivity contribution >= 4 is 28.8 Å². The molecule has 0 saturated carbocycles. The molecule has 0 radical (unpaired) electrons. The molecule has 1 saturated heterocycles. The summed E-state index contributed by atoms with van der Waals surface area (Å²) in [6.07, 6.45) is 3.90. The molecule has 1 aliphatic heterocycles. The Morgan fingerprint density at radius 3 is 2.82 bits per heavy atom. The van der Waals surface area contributed by atoms with E-state index in [1.807, 2.05) is 51.6 Å². The van der Waals surface area contributed by atoms with Gasteiger partial charge in [0.05, 0.1) is 22.4 Å². The van der Waals surface area contributed by atoms with E-state index in [-0.39, 0.29) is 18.0 Å². The highest BCUT2D eigenvalue weighted by Crippen LogP contribution is 2.23. The molecule has 4 rings (SSSR count). The molecule has 0 aliphatic carbocycles. The van der Waals surface area contributed by atoms with Crippen molar-refractivity contribution < 1.29 is 4.79 Å². The quantitative estimate of drug-likeness (QED) is 0.651. The lowest BCUT2D eigenvalue weighted by Crippen LogP contribution is -2.58. The Hall–Kier alpha value is -2.22. The van der Waals surface area contributed by atoms with Gasteiger partial charge in [0.1, 0.15) is 5.69 Å². The van der Waals surface area contributed by atoms with Crippen LogP contribution < -0.4 is 0 Å². The molecule has 1 aliphatic rings. The molecule has 8 heteroatoms. The van der Waals surface area contributed by atoms with Crippen molar-refractivity contribution in [2.75, 3.05) is 13.1 Å². The zero-order chi connectivity index (χ0) is 19.7. The van der Waals surface area contributed by atoms with Crippen LogP contribution in [0.1, 0.15) is 29.9 Å². The summed E-state index contributed by atoms with van der Waals surface area (Å²) in [5.74, 6) is 0.0202. The maximum Gasteiger partial charge on any atom is 0.273 e. The number of para-hydroxylation sites is 1. The van der Waals surface area contributed by atoms with Crippen LogP contribution in [0.4, 0.5) is 0 Å². The van der Waals surface area contributed by atoms with Gasteiger partial charge in [-0.25, -0.2) is 9.67 Å². The van der Waals surface area contributed by atoms with Crippen molar-refractivity contribution in [1.82, 2.24) is 24.6 Å². The fourth-order valence-electron chi connectivity index (χ4n) is 3.63. The summed E-state index contributed by atoms with van der Waals surface area (Å²) in [5, 5.41) is 6.96. The highest BCUT2D eigenvalue weighted by Gasteiger charge is 2.34. The zero-order valence-electron chi connectivity index (χ0n) is 15.8. The summed E-state index contributed by atoms with van der Waals surface area (Å²) in [7, 11) is 0. The number of rotatable bonds is 4. The number of nitrogens with zero attached hydrogens (tertiary/aromatic N) is 5. The molecule has 2 atom stereocenters. The van der Waals surface area contributed by atoms with Gasteiger partial charge >= 0.3 is 0 Å². The number of thiazole rings is 1. The van der Waals surface area contributed by atoms with Gasteiger partial charge in [0.2, 0.25) is 0 Å². The van der Waals surface area contributed by atoms with Crippen molar-refractivity contribution in [2.24, 2.45) is 0 Å². The van der Waals surface area contributed by atoms with Gasteiger partial charge in [-0.1, -0.05) is 23.7 Å². The van der Waals surface area contributed by atoms with E-state index >= 15 is 0 Å². The minimum atomic E-state index is 0.0202. The SMILES string of the molecule is C[C@@H]1[C@@H](C)N(C(=O)c2cscn2)CCN1Cc1cnn(-c2ccccc2Cl)c1. The number of benzene rings is 1. The molecule has 6 nitrogen and oxygen atoms in total. The van der Waals surface area contributed by atoms with E-state index in [0.29, 0.717) is 17.3 Å². The second kappa shape index (κ2) is 8.03. The highest BCUT2D eigenvalue weighted by atomic mass is 35.5. The largest absolute Gasteiger partial charge is 0.332 e. The summed E-state index contributed by atoms with van der Waals surface area (Å²) in [5.41, 5.74) is 4.24. The molecule has 1 fully saturated rings. The van der Waals surface area contributed by atoms with Crippen molar-refractivity contribution in [1.29, 1.82) is 0 Å². The lowest BCUT2D eigenvalue weighted by Gasteiger charge is -2.44. The maximum atomic E-state index is 12.7. The fraction of sp³-hybridized carbons (Fsp3) is 0.350. The van der Waals surface area contributed by atoms with E-state index in [1.165, 1.54) is 11.3 Å². The Morgan fingerprint density at radius 1 is 1.25 bits per heavy atom. The van der Waals surface area contributed by atoms with Gasteiger partial charge in [0.15, 0.2) is 0 Å². The van der Waals surface area contributed by atoms with E-state index < -0.39 is 0 Å². The topological polar surface area (TPSA) is 54.3 Å². The second-order valence-corrected chi connectivity index (χ2v) is 8.19. The van der Waals surface area contributed by atoms with Crippen molar-refractivity contribution in [3.63, 3.8) is 0 Å². The normalized spacial score (nSPS) is 20.5. The predicted octanol–water partition coefficient (Wildman–Crippen LogP) is 3.72. The number of carbonyl (C=O) groups is 1. The standard InChI is InChI=1S/C20H22ClN5OS/c1-14-15(2)25(20(27)18-12-28-13-22-18)8-7-24(14)10-16-9-23-26(11-16)19-6-4-3-5-17(19)21/h3-6,9,11-15H,7-8,10H2,1-2H3/t14-,15-/m1/s1. The average molecular weight is 416 g/mol. The van der Waals surface area contributed by atoms with Crippen LogP contribution in [0.5, 0.6) is 0 Å². The van der Waals surface area contributed by atoms with E-state index in [4.69, 9.17) is 11.6 Å². The summed E-state index contributed by atoms with van der Waals surface area (Å²) in [6.45, 7) is 6.58. The molecule has 0 N–H and O–H groups in total. The summed E-state index contributed by atoms with van der Waals surface area (Å²) < 4.78 is 1.81. The first-order valence-electron chi connectivity index (χ1n) is 9.26. The Kier molecular flexibility index (Phi) is 5.48. The minimum Gasteiger partial charge on any atom is -0.332 e. The van der Waals surface area contributed by atoms with Gasteiger partial charge in [0, 0.05) is 48.9 Å². The zero-order valence-corrected chi connectivity index (χ0v) is 17.4. The minimum absolute atomic E-state index is 0.0202. The number of aromatic nitrogens is 3. The molecule has 146 valence electrons. The lowest BCUT2D eigenvalue weighted by molar-refractivity contribution is 0.0247. The molecule has 0 bridgehead atoms. The summed E-state index contributed by atoms with van der Waals surface area (Å²) >= 11 is 7.73. The van der Waals surface area contributed by atoms with E-state index in [9.17, 15) is 4.79 Å². The van der Waals surface area contributed by atoms with Crippen molar-refractivity contribution in [3.8, 4) is 5.69 Å².